The molecule has 0 amide bonds. The average Bonchev–Trinajstić information content (AvgIpc) is 2.86. The number of hydrogen-bond donors (Lipinski definition) is 1. The zero-order valence-electron chi connectivity index (χ0n) is 12.9. The standard InChI is InChI=1S/C17H27NO2/c1-16(2,3)18-13-17(9-11-19-14-17)10-12-20-15-7-5-4-6-8-15/h4-8,18H,9-14H2,1-3H3. The van der Waals surface area contributed by atoms with Gasteiger partial charge < -0.3 is 14.8 Å². The number of hydrogen-bond acceptors (Lipinski definition) is 3. The van der Waals surface area contributed by atoms with Gasteiger partial charge in [-0.25, -0.2) is 0 Å². The first-order chi connectivity index (χ1) is 9.49. The molecule has 0 aliphatic carbocycles. The topological polar surface area (TPSA) is 30.5 Å². The molecule has 1 aromatic carbocycles. The molecule has 1 saturated heterocycles. The van der Waals surface area contributed by atoms with Gasteiger partial charge in [-0.1, -0.05) is 18.2 Å². The van der Waals surface area contributed by atoms with Crippen molar-refractivity contribution >= 4 is 0 Å². The van der Waals surface area contributed by atoms with Gasteiger partial charge in [0.2, 0.25) is 0 Å². The summed E-state index contributed by atoms with van der Waals surface area (Å²) < 4.78 is 11.5. The Morgan fingerprint density at radius 3 is 2.60 bits per heavy atom. The van der Waals surface area contributed by atoms with Gasteiger partial charge in [0, 0.05) is 24.1 Å². The second kappa shape index (κ2) is 6.59. The van der Waals surface area contributed by atoms with Gasteiger partial charge in [0.05, 0.1) is 13.2 Å². The van der Waals surface area contributed by atoms with Crippen LogP contribution in [-0.4, -0.2) is 31.9 Å². The van der Waals surface area contributed by atoms with Gasteiger partial charge in [0.25, 0.3) is 0 Å². The monoisotopic (exact) mass is 277 g/mol. The number of benzene rings is 1. The van der Waals surface area contributed by atoms with Crippen molar-refractivity contribution in [3.8, 4) is 5.75 Å². The fourth-order valence-corrected chi connectivity index (χ4v) is 2.43. The van der Waals surface area contributed by atoms with Crippen LogP contribution in [-0.2, 0) is 4.74 Å². The van der Waals surface area contributed by atoms with E-state index in [1.165, 1.54) is 0 Å². The highest BCUT2D eigenvalue weighted by molar-refractivity contribution is 5.20. The summed E-state index contributed by atoms with van der Waals surface area (Å²) in [5.74, 6) is 0.949. The minimum atomic E-state index is 0.149. The first-order valence-electron chi connectivity index (χ1n) is 7.50. The lowest BCUT2D eigenvalue weighted by Gasteiger charge is -2.32. The van der Waals surface area contributed by atoms with Crippen LogP contribution in [0.15, 0.2) is 30.3 Å². The second-order valence-corrected chi connectivity index (χ2v) is 6.82. The summed E-state index contributed by atoms with van der Waals surface area (Å²) in [6.07, 6.45) is 2.15. The van der Waals surface area contributed by atoms with E-state index in [1.807, 2.05) is 30.3 Å². The van der Waals surface area contributed by atoms with E-state index in [0.29, 0.717) is 0 Å². The minimum Gasteiger partial charge on any atom is -0.494 e. The third-order valence-electron chi connectivity index (χ3n) is 3.82. The van der Waals surface area contributed by atoms with Crippen molar-refractivity contribution in [1.82, 2.24) is 5.32 Å². The maximum Gasteiger partial charge on any atom is 0.119 e. The van der Waals surface area contributed by atoms with Gasteiger partial charge in [-0.3, -0.25) is 0 Å². The van der Waals surface area contributed by atoms with Gasteiger partial charge >= 0.3 is 0 Å². The first-order valence-corrected chi connectivity index (χ1v) is 7.50. The molecule has 1 heterocycles. The predicted molar refractivity (Wildman–Crippen MR) is 82.2 cm³/mol. The van der Waals surface area contributed by atoms with Crippen LogP contribution in [0.2, 0.25) is 0 Å². The molecule has 3 heteroatoms. The van der Waals surface area contributed by atoms with Gasteiger partial charge in [0.15, 0.2) is 0 Å². The third kappa shape index (κ3) is 4.80. The van der Waals surface area contributed by atoms with Crippen molar-refractivity contribution in [3.63, 3.8) is 0 Å². The van der Waals surface area contributed by atoms with Crippen LogP contribution >= 0.6 is 0 Å². The Hall–Kier alpha value is -1.06. The fraction of sp³-hybridized carbons (Fsp3) is 0.647. The molecule has 1 fully saturated rings. The van der Waals surface area contributed by atoms with Gasteiger partial charge in [-0.05, 0) is 45.7 Å². The molecule has 2 rings (SSSR count). The van der Waals surface area contributed by atoms with Crippen molar-refractivity contribution in [2.75, 3.05) is 26.4 Å². The number of rotatable bonds is 6. The molecule has 0 spiro atoms. The maximum atomic E-state index is 5.84. The van der Waals surface area contributed by atoms with Crippen LogP contribution in [0, 0.1) is 5.41 Å². The summed E-state index contributed by atoms with van der Waals surface area (Å²) in [4.78, 5) is 0. The summed E-state index contributed by atoms with van der Waals surface area (Å²) in [5, 5.41) is 3.62. The summed E-state index contributed by atoms with van der Waals surface area (Å²) in [7, 11) is 0. The molecule has 0 saturated carbocycles. The van der Waals surface area contributed by atoms with Crippen LogP contribution < -0.4 is 10.1 Å². The minimum absolute atomic E-state index is 0.149. The maximum absolute atomic E-state index is 5.84. The highest BCUT2D eigenvalue weighted by Crippen LogP contribution is 2.32. The summed E-state index contributed by atoms with van der Waals surface area (Å²) >= 11 is 0. The van der Waals surface area contributed by atoms with E-state index in [1.54, 1.807) is 0 Å². The first kappa shape index (κ1) is 15.3. The van der Waals surface area contributed by atoms with Crippen molar-refractivity contribution in [1.29, 1.82) is 0 Å². The van der Waals surface area contributed by atoms with Gasteiger partial charge in [0.1, 0.15) is 5.75 Å². The lowest BCUT2D eigenvalue weighted by atomic mass is 9.83. The van der Waals surface area contributed by atoms with Gasteiger partial charge in [-0.2, -0.15) is 0 Å². The molecule has 1 unspecified atom stereocenters. The molecule has 1 atom stereocenters. The molecule has 0 bridgehead atoms. The average molecular weight is 277 g/mol. The van der Waals surface area contributed by atoms with Crippen molar-refractivity contribution in [2.45, 2.75) is 39.2 Å². The number of ether oxygens (including phenoxy) is 2. The molecule has 1 aliphatic rings. The van der Waals surface area contributed by atoms with Crippen molar-refractivity contribution in [2.24, 2.45) is 5.41 Å². The van der Waals surface area contributed by atoms with E-state index >= 15 is 0 Å². The van der Waals surface area contributed by atoms with E-state index < -0.39 is 0 Å². The van der Waals surface area contributed by atoms with Crippen molar-refractivity contribution in [3.05, 3.63) is 30.3 Å². The Kier molecular flexibility index (Phi) is 5.06. The Morgan fingerprint density at radius 1 is 1.25 bits per heavy atom. The van der Waals surface area contributed by atoms with E-state index in [9.17, 15) is 0 Å². The molecule has 112 valence electrons. The lowest BCUT2D eigenvalue weighted by molar-refractivity contribution is 0.123. The second-order valence-electron chi connectivity index (χ2n) is 6.82. The molecule has 20 heavy (non-hydrogen) atoms. The molecule has 3 nitrogen and oxygen atoms in total. The van der Waals surface area contributed by atoms with E-state index in [2.05, 4.69) is 26.1 Å². The smallest absolute Gasteiger partial charge is 0.119 e. The molecular weight excluding hydrogens is 250 g/mol. The predicted octanol–water partition coefficient (Wildman–Crippen LogP) is 3.25. The molecule has 1 aromatic rings. The fourth-order valence-electron chi connectivity index (χ4n) is 2.43. The van der Waals surface area contributed by atoms with Crippen LogP contribution in [0.5, 0.6) is 5.75 Å². The van der Waals surface area contributed by atoms with E-state index in [0.717, 1.165) is 45.0 Å². The van der Waals surface area contributed by atoms with Crippen LogP contribution in [0.25, 0.3) is 0 Å². The Labute approximate surface area is 122 Å². The summed E-state index contributed by atoms with van der Waals surface area (Å²) in [5.41, 5.74) is 0.373. The zero-order valence-corrected chi connectivity index (χ0v) is 12.9. The quantitative estimate of drug-likeness (QED) is 0.866. The SMILES string of the molecule is CC(C)(C)NCC1(CCOc2ccccc2)CCOC1. The van der Waals surface area contributed by atoms with E-state index in [-0.39, 0.29) is 11.0 Å². The Balaban J connectivity index is 1.83. The molecule has 1 N–H and O–H groups in total. The normalized spacial score (nSPS) is 22.9. The molecular formula is C17H27NO2. The van der Waals surface area contributed by atoms with Gasteiger partial charge in [-0.15, -0.1) is 0 Å². The highest BCUT2D eigenvalue weighted by Gasteiger charge is 2.35. The number of nitrogens with one attached hydrogen (secondary N) is 1. The zero-order chi connectivity index (χ0) is 14.5. The lowest BCUT2D eigenvalue weighted by Crippen LogP contribution is -2.45. The highest BCUT2D eigenvalue weighted by atomic mass is 16.5. The molecule has 1 aliphatic heterocycles. The third-order valence-corrected chi connectivity index (χ3v) is 3.82. The Morgan fingerprint density at radius 2 is 2.00 bits per heavy atom. The molecule has 0 aromatic heterocycles. The van der Waals surface area contributed by atoms with Crippen LogP contribution in [0.1, 0.15) is 33.6 Å². The largest absolute Gasteiger partial charge is 0.494 e. The summed E-state index contributed by atoms with van der Waals surface area (Å²) in [6.45, 7) is 10.1. The van der Waals surface area contributed by atoms with Crippen molar-refractivity contribution < 1.29 is 9.47 Å². The Bertz CT molecular complexity index is 391. The van der Waals surface area contributed by atoms with E-state index in [4.69, 9.17) is 9.47 Å². The molecule has 0 radical (unpaired) electrons. The number of para-hydroxylation sites is 1. The summed E-state index contributed by atoms with van der Waals surface area (Å²) in [6, 6.07) is 10.0. The van der Waals surface area contributed by atoms with Crippen LogP contribution in [0.3, 0.4) is 0 Å². The van der Waals surface area contributed by atoms with Crippen LogP contribution in [0.4, 0.5) is 0 Å².